The van der Waals surface area contributed by atoms with Crippen molar-refractivity contribution < 1.29 is 57.1 Å². The van der Waals surface area contributed by atoms with Gasteiger partial charge >= 0.3 is 35.8 Å². The Bertz CT molecular complexity index is 503. The molecule has 0 saturated carbocycles. The van der Waals surface area contributed by atoms with Crippen LogP contribution >= 0.6 is 0 Å². The summed E-state index contributed by atoms with van der Waals surface area (Å²) in [6.07, 6.45) is -7.41. The molecule has 0 radical (unpaired) electrons. The lowest BCUT2D eigenvalue weighted by Crippen LogP contribution is -2.70. The first kappa shape index (κ1) is 21.6. The number of alkyl halides is 13. The third kappa shape index (κ3) is 2.68. The third-order valence-electron chi connectivity index (χ3n) is 2.67. The van der Waals surface area contributed by atoms with Crippen LogP contribution in [0.4, 0.5) is 57.1 Å². The second kappa shape index (κ2) is 5.32. The molecule has 0 fully saturated rings. The third-order valence-corrected chi connectivity index (χ3v) is 2.67. The van der Waals surface area contributed by atoms with Gasteiger partial charge in [-0.05, 0) is 6.92 Å². The van der Waals surface area contributed by atoms with Gasteiger partial charge in [-0.15, -0.1) is 5.73 Å². The van der Waals surface area contributed by atoms with E-state index in [1.54, 1.807) is 0 Å². The van der Waals surface area contributed by atoms with E-state index >= 15 is 0 Å². The highest BCUT2D eigenvalue weighted by Gasteiger charge is 2.90. The zero-order chi connectivity index (χ0) is 19.3. The van der Waals surface area contributed by atoms with Gasteiger partial charge in [-0.3, -0.25) is 0 Å². The summed E-state index contributed by atoms with van der Waals surface area (Å²) in [7, 11) is 0. The first-order chi connectivity index (χ1) is 9.73. The van der Waals surface area contributed by atoms with Gasteiger partial charge in [0.2, 0.25) is 0 Å². The predicted octanol–water partition coefficient (Wildman–Crippen LogP) is 5.46. The van der Waals surface area contributed by atoms with E-state index in [0.717, 1.165) is 5.73 Å². The lowest BCUT2D eigenvalue weighted by molar-refractivity contribution is -0.436. The zero-order valence-corrected chi connectivity index (χ0v) is 10.6. The molecule has 0 aliphatic heterocycles. The molecule has 0 spiro atoms. The van der Waals surface area contributed by atoms with Crippen LogP contribution in [0.2, 0.25) is 0 Å². The van der Waals surface area contributed by atoms with E-state index in [-0.39, 0.29) is 6.92 Å². The molecule has 0 saturated heterocycles. The van der Waals surface area contributed by atoms with Crippen LogP contribution in [0.1, 0.15) is 6.92 Å². The van der Waals surface area contributed by atoms with Gasteiger partial charge < -0.3 is 0 Å². The van der Waals surface area contributed by atoms with Crippen LogP contribution in [0, 0.1) is 0 Å². The number of halogens is 13. The van der Waals surface area contributed by atoms with Gasteiger partial charge in [0.15, 0.2) is 0 Å². The van der Waals surface area contributed by atoms with Crippen molar-refractivity contribution in [3.8, 4) is 0 Å². The van der Waals surface area contributed by atoms with Gasteiger partial charge in [0.05, 0.1) is 0 Å². The molecule has 0 heterocycles. The second-order valence-corrected chi connectivity index (χ2v) is 4.17. The van der Waals surface area contributed by atoms with Crippen LogP contribution in [0.5, 0.6) is 0 Å². The van der Waals surface area contributed by atoms with Crippen molar-refractivity contribution in [3.05, 3.63) is 17.9 Å². The van der Waals surface area contributed by atoms with Crippen LogP contribution in [-0.2, 0) is 0 Å². The maximum Gasteiger partial charge on any atom is 0.460 e. The number of allylic oxidation sites excluding steroid dienone is 1. The Morgan fingerprint density at radius 3 is 1.17 bits per heavy atom. The van der Waals surface area contributed by atoms with Crippen LogP contribution in [0.3, 0.4) is 0 Å². The topological polar surface area (TPSA) is 0 Å². The van der Waals surface area contributed by atoms with Crippen LogP contribution in [0.15, 0.2) is 17.9 Å². The molecule has 0 aromatic heterocycles. The van der Waals surface area contributed by atoms with Gasteiger partial charge in [0.25, 0.3) is 0 Å². The summed E-state index contributed by atoms with van der Waals surface area (Å²) >= 11 is 0. The smallest absolute Gasteiger partial charge is 0.194 e. The molecule has 0 N–H and O–H groups in total. The first-order valence-corrected chi connectivity index (χ1v) is 5.06. The Hall–Kier alpha value is -1.39. The molecular weight excluding hydrogens is 367 g/mol. The fraction of sp³-hybridized carbons (Fsp3) is 0.700. The lowest BCUT2D eigenvalue weighted by atomic mass is 9.91. The molecule has 0 aromatic rings. The lowest BCUT2D eigenvalue weighted by Gasteiger charge is -2.39. The molecule has 0 unspecified atom stereocenters. The highest BCUT2D eigenvalue weighted by atomic mass is 19.4. The Labute approximate surface area is 119 Å². The SMILES string of the molecule is C=C=C(C)C(F)(F)C(F)(F)C(F)(F)C(F)(F)C(F)(F)C(F)(F)F. The molecule has 136 valence electrons. The van der Waals surface area contributed by atoms with Crippen molar-refractivity contribution in [1.29, 1.82) is 0 Å². The Balaban J connectivity index is 6.42. The maximum atomic E-state index is 13.1. The quantitative estimate of drug-likeness (QED) is 0.444. The molecule has 0 aliphatic carbocycles. The minimum atomic E-state index is -7.88. The van der Waals surface area contributed by atoms with Gasteiger partial charge in [-0.1, -0.05) is 6.58 Å². The molecule has 0 atom stereocenters. The van der Waals surface area contributed by atoms with Crippen molar-refractivity contribution in [2.45, 2.75) is 42.7 Å². The first-order valence-electron chi connectivity index (χ1n) is 5.06. The minimum Gasteiger partial charge on any atom is -0.194 e. The van der Waals surface area contributed by atoms with E-state index in [0.29, 0.717) is 0 Å². The van der Waals surface area contributed by atoms with Crippen molar-refractivity contribution in [2.75, 3.05) is 0 Å². The fourth-order valence-corrected chi connectivity index (χ4v) is 1.12. The van der Waals surface area contributed by atoms with E-state index in [1.165, 1.54) is 0 Å². The van der Waals surface area contributed by atoms with Gasteiger partial charge in [-0.25, -0.2) is 0 Å². The van der Waals surface area contributed by atoms with E-state index < -0.39 is 41.4 Å². The average Bonchev–Trinajstić information content (AvgIpc) is 2.35. The largest absolute Gasteiger partial charge is 0.460 e. The minimum absolute atomic E-state index is 0.0446. The molecule has 23 heavy (non-hydrogen) atoms. The monoisotopic (exact) mass is 372 g/mol. The molecule has 0 aromatic carbocycles. The van der Waals surface area contributed by atoms with E-state index in [4.69, 9.17) is 0 Å². The van der Waals surface area contributed by atoms with Gasteiger partial charge in [0.1, 0.15) is 0 Å². The summed E-state index contributed by atoms with van der Waals surface area (Å²) in [5.41, 5.74) is -1.22. The summed E-state index contributed by atoms with van der Waals surface area (Å²) < 4.78 is 164. The summed E-state index contributed by atoms with van der Waals surface area (Å²) in [6.45, 7) is 2.29. The number of hydrogen-bond donors (Lipinski definition) is 0. The fourth-order valence-electron chi connectivity index (χ4n) is 1.12. The van der Waals surface area contributed by atoms with E-state index in [9.17, 15) is 57.1 Å². The average molecular weight is 372 g/mol. The van der Waals surface area contributed by atoms with Gasteiger partial charge in [0, 0.05) is 5.57 Å². The van der Waals surface area contributed by atoms with Crippen molar-refractivity contribution in [1.82, 2.24) is 0 Å². The predicted molar refractivity (Wildman–Crippen MR) is 49.1 cm³/mol. The standard InChI is InChI=1S/C10H5F13/c1-3-4(2)5(11,12)6(13,14)7(15,16)8(17,18)9(19,20)10(21,22)23/h1H2,2H3. The highest BCUT2D eigenvalue weighted by molar-refractivity contribution is 5.20. The Morgan fingerprint density at radius 1 is 0.609 bits per heavy atom. The molecule has 0 bridgehead atoms. The van der Waals surface area contributed by atoms with Crippen molar-refractivity contribution >= 4 is 0 Å². The Kier molecular flexibility index (Phi) is 5.00. The summed E-state index contributed by atoms with van der Waals surface area (Å²) in [5.74, 6) is -36.9. The van der Waals surface area contributed by atoms with Crippen LogP contribution < -0.4 is 0 Å². The zero-order valence-electron chi connectivity index (χ0n) is 10.6. The Morgan fingerprint density at radius 2 is 0.913 bits per heavy atom. The van der Waals surface area contributed by atoms with Crippen molar-refractivity contribution in [3.63, 3.8) is 0 Å². The van der Waals surface area contributed by atoms with Crippen LogP contribution in [0.25, 0.3) is 0 Å². The summed E-state index contributed by atoms with van der Waals surface area (Å²) in [4.78, 5) is 0. The number of rotatable bonds is 5. The summed E-state index contributed by atoms with van der Waals surface area (Å²) in [5, 5.41) is 0. The van der Waals surface area contributed by atoms with Crippen molar-refractivity contribution in [2.24, 2.45) is 0 Å². The summed E-state index contributed by atoms with van der Waals surface area (Å²) in [6, 6.07) is 0. The number of hydrogen-bond acceptors (Lipinski definition) is 0. The molecule has 0 amide bonds. The second-order valence-electron chi connectivity index (χ2n) is 4.17. The highest BCUT2D eigenvalue weighted by Crippen LogP contribution is 2.61. The van der Waals surface area contributed by atoms with Gasteiger partial charge in [-0.2, -0.15) is 57.1 Å². The van der Waals surface area contributed by atoms with E-state index in [1.807, 2.05) is 0 Å². The molecule has 0 aliphatic rings. The molecule has 13 heteroatoms. The van der Waals surface area contributed by atoms with Crippen LogP contribution in [-0.4, -0.2) is 35.8 Å². The molecule has 0 nitrogen and oxygen atoms in total. The molecule has 0 rings (SSSR count). The molecular formula is C10H5F13. The normalized spacial score (nSPS) is 15.4. The maximum absolute atomic E-state index is 13.1. The van der Waals surface area contributed by atoms with E-state index in [2.05, 4.69) is 6.58 Å².